The van der Waals surface area contributed by atoms with Gasteiger partial charge in [-0.25, -0.2) is 4.98 Å². The number of piperidine rings is 1. The molecule has 1 N–H and O–H groups in total. The van der Waals surface area contributed by atoms with Crippen LogP contribution in [0.3, 0.4) is 0 Å². The van der Waals surface area contributed by atoms with E-state index in [2.05, 4.69) is 15.4 Å². The Morgan fingerprint density at radius 1 is 1.07 bits per heavy atom. The van der Waals surface area contributed by atoms with Gasteiger partial charge >= 0.3 is 0 Å². The minimum Gasteiger partial charge on any atom is -0.439 e. The van der Waals surface area contributed by atoms with Gasteiger partial charge < -0.3 is 19.7 Å². The van der Waals surface area contributed by atoms with E-state index in [1.807, 2.05) is 34.0 Å². The summed E-state index contributed by atoms with van der Waals surface area (Å²) in [4.78, 5) is 31.4. The quantitative estimate of drug-likeness (QED) is 0.319. The van der Waals surface area contributed by atoms with Gasteiger partial charge in [-0.2, -0.15) is 10.4 Å². The number of benzene rings is 2. The van der Waals surface area contributed by atoms with E-state index in [-0.39, 0.29) is 11.8 Å². The summed E-state index contributed by atoms with van der Waals surface area (Å²) >= 11 is 0. The number of carbonyl (C=O) groups excluding carboxylic acids is 2. The number of ether oxygens (including phenoxy) is 2. The summed E-state index contributed by atoms with van der Waals surface area (Å²) in [7, 11) is 1.60. The Morgan fingerprint density at radius 3 is 2.55 bits per heavy atom. The first kappa shape index (κ1) is 26.8. The minimum atomic E-state index is -0.130. The highest BCUT2D eigenvalue weighted by atomic mass is 16.5. The first-order valence-corrected chi connectivity index (χ1v) is 13.2. The zero-order chi connectivity index (χ0) is 27.9. The Bertz CT molecular complexity index is 1520. The largest absolute Gasteiger partial charge is 0.439 e. The lowest BCUT2D eigenvalue weighted by atomic mass is 9.96. The molecule has 204 valence electrons. The standard InChI is InChI=1S/C30H30N6O4/c1-39-15-12-32-29(37)24-5-8-27-25(16-24)20-36(34-27)19-21-10-13-35(14-11-21)30(38)23-3-6-26(7-4-23)40-28-9-2-22(17-31)18-33-28/h2-9,16,18,20-21H,10-15,19H2,1H3,(H,32,37). The number of nitriles is 1. The summed E-state index contributed by atoms with van der Waals surface area (Å²) in [5.41, 5.74) is 2.52. The lowest BCUT2D eigenvalue weighted by Crippen LogP contribution is -2.39. The van der Waals surface area contributed by atoms with Gasteiger partial charge in [-0.15, -0.1) is 0 Å². The second-order valence-electron chi connectivity index (χ2n) is 9.73. The topological polar surface area (TPSA) is 122 Å². The third-order valence-electron chi connectivity index (χ3n) is 6.94. The number of aromatic nitrogens is 3. The van der Waals surface area contributed by atoms with Crippen LogP contribution in [0.15, 0.2) is 67.0 Å². The van der Waals surface area contributed by atoms with Crippen LogP contribution in [0.25, 0.3) is 10.9 Å². The smallest absolute Gasteiger partial charge is 0.253 e. The molecular weight excluding hydrogens is 508 g/mol. The van der Waals surface area contributed by atoms with Crippen LogP contribution in [-0.2, 0) is 11.3 Å². The molecule has 0 atom stereocenters. The summed E-state index contributed by atoms with van der Waals surface area (Å²) < 4.78 is 12.6. The zero-order valence-electron chi connectivity index (χ0n) is 22.2. The average Bonchev–Trinajstić information content (AvgIpc) is 3.39. The number of carbonyl (C=O) groups is 2. The second kappa shape index (κ2) is 12.4. The molecule has 1 aliphatic rings. The van der Waals surface area contributed by atoms with Gasteiger partial charge in [-0.1, -0.05) is 0 Å². The van der Waals surface area contributed by atoms with Crippen LogP contribution >= 0.6 is 0 Å². The first-order chi connectivity index (χ1) is 19.5. The number of nitrogens with one attached hydrogen (secondary N) is 1. The molecule has 0 bridgehead atoms. The number of pyridine rings is 1. The molecule has 3 heterocycles. The maximum Gasteiger partial charge on any atom is 0.253 e. The van der Waals surface area contributed by atoms with E-state index in [0.29, 0.717) is 60.5 Å². The fraction of sp³-hybridized carbons (Fsp3) is 0.300. The molecule has 2 aromatic heterocycles. The molecule has 2 aromatic carbocycles. The number of rotatable bonds is 9. The molecule has 40 heavy (non-hydrogen) atoms. The summed E-state index contributed by atoms with van der Waals surface area (Å²) in [6, 6.07) is 17.8. The van der Waals surface area contributed by atoms with Gasteiger partial charge in [0.25, 0.3) is 11.8 Å². The van der Waals surface area contributed by atoms with Crippen molar-refractivity contribution < 1.29 is 19.1 Å². The van der Waals surface area contributed by atoms with E-state index in [4.69, 9.17) is 14.7 Å². The SMILES string of the molecule is COCCNC(=O)c1ccc2nn(CC3CCN(C(=O)c4ccc(Oc5ccc(C#N)cn5)cc4)CC3)cc2c1. The van der Waals surface area contributed by atoms with E-state index < -0.39 is 0 Å². The monoisotopic (exact) mass is 538 g/mol. The molecule has 0 aliphatic carbocycles. The van der Waals surface area contributed by atoms with Gasteiger partial charge in [-0.3, -0.25) is 14.3 Å². The summed E-state index contributed by atoms with van der Waals surface area (Å²) in [5, 5.41) is 17.3. The fourth-order valence-corrected chi connectivity index (χ4v) is 4.74. The van der Waals surface area contributed by atoms with Crippen molar-refractivity contribution in [1.82, 2.24) is 25.0 Å². The third-order valence-corrected chi connectivity index (χ3v) is 6.94. The highest BCUT2D eigenvalue weighted by molar-refractivity contribution is 5.98. The van der Waals surface area contributed by atoms with Crippen LogP contribution in [-0.4, -0.2) is 64.8 Å². The van der Waals surface area contributed by atoms with Crippen molar-refractivity contribution in [3.05, 3.63) is 83.7 Å². The average molecular weight is 539 g/mol. The number of fused-ring (bicyclic) bond motifs is 1. The molecule has 0 radical (unpaired) electrons. The van der Waals surface area contributed by atoms with E-state index in [9.17, 15) is 9.59 Å². The fourth-order valence-electron chi connectivity index (χ4n) is 4.74. The third kappa shape index (κ3) is 6.45. The van der Waals surface area contributed by atoms with Crippen molar-refractivity contribution >= 4 is 22.7 Å². The van der Waals surface area contributed by atoms with Gasteiger partial charge in [0.2, 0.25) is 5.88 Å². The van der Waals surface area contributed by atoms with Crippen molar-refractivity contribution in [2.45, 2.75) is 19.4 Å². The van der Waals surface area contributed by atoms with E-state index in [0.717, 1.165) is 30.3 Å². The minimum absolute atomic E-state index is 0.00244. The highest BCUT2D eigenvalue weighted by Gasteiger charge is 2.24. The highest BCUT2D eigenvalue weighted by Crippen LogP contribution is 2.24. The predicted molar refractivity (Wildman–Crippen MR) is 148 cm³/mol. The van der Waals surface area contributed by atoms with Crippen molar-refractivity contribution in [1.29, 1.82) is 5.26 Å². The number of nitrogens with zero attached hydrogens (tertiary/aromatic N) is 5. The molecule has 4 aromatic rings. The number of methoxy groups -OCH3 is 1. The maximum absolute atomic E-state index is 13.1. The maximum atomic E-state index is 13.1. The van der Waals surface area contributed by atoms with Crippen LogP contribution in [0.4, 0.5) is 0 Å². The van der Waals surface area contributed by atoms with E-state index in [1.54, 1.807) is 49.6 Å². The van der Waals surface area contributed by atoms with Crippen LogP contribution in [0.5, 0.6) is 11.6 Å². The molecule has 10 nitrogen and oxygen atoms in total. The normalized spacial score (nSPS) is 13.7. The van der Waals surface area contributed by atoms with Gasteiger partial charge in [0.15, 0.2) is 0 Å². The number of amides is 2. The molecule has 2 amide bonds. The second-order valence-corrected chi connectivity index (χ2v) is 9.73. The summed E-state index contributed by atoms with van der Waals surface area (Å²) in [5.74, 6) is 1.23. The zero-order valence-corrected chi connectivity index (χ0v) is 22.2. The predicted octanol–water partition coefficient (Wildman–Crippen LogP) is 4.02. The number of hydrogen-bond donors (Lipinski definition) is 1. The molecule has 1 aliphatic heterocycles. The molecular formula is C30H30N6O4. The van der Waals surface area contributed by atoms with Crippen molar-refractivity contribution in [3.63, 3.8) is 0 Å². The Hall–Kier alpha value is -4.75. The van der Waals surface area contributed by atoms with Crippen LogP contribution < -0.4 is 10.1 Å². The summed E-state index contributed by atoms with van der Waals surface area (Å²) in [6.45, 7) is 3.07. The Labute approximate surface area is 232 Å². The molecule has 0 spiro atoms. The van der Waals surface area contributed by atoms with Crippen molar-refractivity contribution in [2.24, 2.45) is 5.92 Å². The van der Waals surface area contributed by atoms with Crippen LogP contribution in [0.1, 0.15) is 39.1 Å². The number of likely N-dealkylation sites (tertiary alicyclic amines) is 1. The van der Waals surface area contributed by atoms with Gasteiger partial charge in [0.1, 0.15) is 11.8 Å². The molecule has 1 fully saturated rings. The number of hydrogen-bond acceptors (Lipinski definition) is 7. The van der Waals surface area contributed by atoms with Gasteiger partial charge in [0.05, 0.1) is 17.7 Å². The first-order valence-electron chi connectivity index (χ1n) is 13.2. The Balaban J connectivity index is 1.12. The molecule has 10 heteroatoms. The van der Waals surface area contributed by atoms with Gasteiger partial charge in [0, 0.05) is 68.3 Å². The lowest BCUT2D eigenvalue weighted by molar-refractivity contribution is 0.0681. The van der Waals surface area contributed by atoms with E-state index in [1.165, 1.54) is 6.20 Å². The Kier molecular flexibility index (Phi) is 8.32. The Morgan fingerprint density at radius 2 is 1.85 bits per heavy atom. The van der Waals surface area contributed by atoms with Gasteiger partial charge in [-0.05, 0) is 67.3 Å². The van der Waals surface area contributed by atoms with Crippen molar-refractivity contribution in [3.8, 4) is 17.7 Å². The molecule has 0 unspecified atom stereocenters. The molecule has 1 saturated heterocycles. The van der Waals surface area contributed by atoms with E-state index >= 15 is 0 Å². The lowest BCUT2D eigenvalue weighted by Gasteiger charge is -2.32. The van der Waals surface area contributed by atoms with Crippen molar-refractivity contribution in [2.75, 3.05) is 33.4 Å². The van der Waals surface area contributed by atoms with Crippen LogP contribution in [0, 0.1) is 17.2 Å². The summed E-state index contributed by atoms with van der Waals surface area (Å²) in [6.07, 6.45) is 5.21. The van der Waals surface area contributed by atoms with Crippen LogP contribution in [0.2, 0.25) is 0 Å². The molecule has 5 rings (SSSR count). The molecule has 0 saturated carbocycles.